The fourth-order valence-electron chi connectivity index (χ4n) is 1.94. The summed E-state index contributed by atoms with van der Waals surface area (Å²) in [5.41, 5.74) is 1.27. The molecule has 0 spiro atoms. The van der Waals surface area contributed by atoms with Gasteiger partial charge in [0.15, 0.2) is 0 Å². The smallest absolute Gasteiger partial charge is 0.339 e. The van der Waals surface area contributed by atoms with E-state index in [1.54, 1.807) is 12.1 Å². The number of ether oxygens (including phenoxy) is 1. The van der Waals surface area contributed by atoms with Gasteiger partial charge in [0.1, 0.15) is 11.3 Å². The summed E-state index contributed by atoms with van der Waals surface area (Å²) in [5, 5.41) is 9.03. The fourth-order valence-corrected chi connectivity index (χ4v) is 1.94. The van der Waals surface area contributed by atoms with Gasteiger partial charge < -0.3 is 9.84 Å². The lowest BCUT2D eigenvalue weighted by molar-refractivity contribution is -0.135. The molecule has 0 aliphatic heterocycles. The van der Waals surface area contributed by atoms with Crippen LogP contribution in [0.1, 0.15) is 50.4 Å². The molecule has 1 N–H and O–H groups in total. The molecule has 0 heterocycles. The summed E-state index contributed by atoms with van der Waals surface area (Å²) in [6.07, 6.45) is 4.26. The van der Waals surface area contributed by atoms with Crippen LogP contribution >= 0.6 is 0 Å². The summed E-state index contributed by atoms with van der Waals surface area (Å²) in [6, 6.07) is 6.16. The predicted octanol–water partition coefficient (Wildman–Crippen LogP) is 4.06. The number of carbonyl (C=O) groups is 2. The number of aromatic carboxylic acids is 1. The lowest BCUT2D eigenvalue weighted by Gasteiger charge is -2.11. The summed E-state index contributed by atoms with van der Waals surface area (Å²) in [4.78, 5) is 22.9. The molecule has 0 fully saturated rings. The Labute approximate surface area is 125 Å². The second-order valence-electron chi connectivity index (χ2n) is 5.44. The SMILES string of the molecule is CC(C)=CCC[C@@H](C)CC(=O)Oc1ccccc1C(=O)O. The van der Waals surface area contributed by atoms with Crippen molar-refractivity contribution in [2.45, 2.75) is 40.0 Å². The number of hydrogen-bond donors (Lipinski definition) is 1. The molecule has 21 heavy (non-hydrogen) atoms. The van der Waals surface area contributed by atoms with E-state index < -0.39 is 11.9 Å². The van der Waals surface area contributed by atoms with Crippen LogP contribution in [0.5, 0.6) is 5.75 Å². The minimum Gasteiger partial charge on any atom is -0.478 e. The highest BCUT2D eigenvalue weighted by Crippen LogP contribution is 2.20. The molecule has 0 aliphatic carbocycles. The van der Waals surface area contributed by atoms with E-state index in [0.717, 1.165) is 12.8 Å². The zero-order valence-electron chi connectivity index (χ0n) is 12.8. The Bertz CT molecular complexity index is 527. The molecule has 0 aromatic heterocycles. The van der Waals surface area contributed by atoms with Gasteiger partial charge in [0, 0.05) is 6.42 Å². The molecule has 0 amide bonds. The second-order valence-corrected chi connectivity index (χ2v) is 5.44. The molecule has 4 heteroatoms. The number of carbonyl (C=O) groups excluding carboxylic acids is 1. The highest BCUT2D eigenvalue weighted by molar-refractivity contribution is 5.91. The van der Waals surface area contributed by atoms with Crippen LogP contribution in [-0.4, -0.2) is 17.0 Å². The summed E-state index contributed by atoms with van der Waals surface area (Å²) in [5.74, 6) is -1.19. The van der Waals surface area contributed by atoms with Gasteiger partial charge in [0.2, 0.25) is 0 Å². The van der Waals surface area contributed by atoms with E-state index in [4.69, 9.17) is 9.84 Å². The Morgan fingerprint density at radius 2 is 1.95 bits per heavy atom. The normalized spacial score (nSPS) is 11.6. The molecule has 0 saturated carbocycles. The third kappa shape index (κ3) is 6.25. The number of esters is 1. The first-order valence-corrected chi connectivity index (χ1v) is 7.06. The molecule has 0 unspecified atom stereocenters. The van der Waals surface area contributed by atoms with Crippen molar-refractivity contribution in [3.05, 3.63) is 41.5 Å². The first-order valence-electron chi connectivity index (χ1n) is 7.06. The quantitative estimate of drug-likeness (QED) is 0.467. The van der Waals surface area contributed by atoms with E-state index in [1.807, 2.05) is 20.8 Å². The van der Waals surface area contributed by atoms with Crippen molar-refractivity contribution in [2.24, 2.45) is 5.92 Å². The summed E-state index contributed by atoms with van der Waals surface area (Å²) < 4.78 is 5.17. The lowest BCUT2D eigenvalue weighted by Crippen LogP contribution is -2.14. The molecule has 1 atom stereocenters. The number of carboxylic acid groups (broad SMARTS) is 1. The average molecular weight is 290 g/mol. The van der Waals surface area contributed by atoms with Crippen LogP contribution in [0, 0.1) is 5.92 Å². The zero-order valence-corrected chi connectivity index (χ0v) is 12.8. The van der Waals surface area contributed by atoms with E-state index in [9.17, 15) is 9.59 Å². The van der Waals surface area contributed by atoms with Gasteiger partial charge in [-0.05, 0) is 44.7 Å². The van der Waals surface area contributed by atoms with Gasteiger partial charge in [-0.2, -0.15) is 0 Å². The Morgan fingerprint density at radius 1 is 1.29 bits per heavy atom. The van der Waals surface area contributed by atoms with Crippen molar-refractivity contribution in [3.63, 3.8) is 0 Å². The van der Waals surface area contributed by atoms with E-state index in [1.165, 1.54) is 17.7 Å². The number of benzene rings is 1. The molecule has 1 aromatic carbocycles. The second kappa shape index (κ2) is 8.25. The third-order valence-corrected chi connectivity index (χ3v) is 3.07. The predicted molar refractivity (Wildman–Crippen MR) is 81.5 cm³/mol. The number of rotatable bonds is 7. The van der Waals surface area contributed by atoms with Crippen LogP contribution in [0.2, 0.25) is 0 Å². The monoisotopic (exact) mass is 290 g/mol. The first-order chi connectivity index (χ1) is 9.90. The van der Waals surface area contributed by atoms with Gasteiger partial charge >= 0.3 is 11.9 Å². The van der Waals surface area contributed by atoms with Gasteiger partial charge in [0.25, 0.3) is 0 Å². The maximum Gasteiger partial charge on any atom is 0.339 e. The highest BCUT2D eigenvalue weighted by atomic mass is 16.5. The van der Waals surface area contributed by atoms with Crippen molar-refractivity contribution < 1.29 is 19.4 Å². The van der Waals surface area contributed by atoms with Crippen LogP contribution in [0.3, 0.4) is 0 Å². The van der Waals surface area contributed by atoms with Gasteiger partial charge in [-0.15, -0.1) is 0 Å². The first kappa shape index (κ1) is 17.0. The molecule has 0 bridgehead atoms. The summed E-state index contributed by atoms with van der Waals surface area (Å²) >= 11 is 0. The van der Waals surface area contributed by atoms with E-state index >= 15 is 0 Å². The van der Waals surface area contributed by atoms with E-state index in [0.29, 0.717) is 0 Å². The highest BCUT2D eigenvalue weighted by Gasteiger charge is 2.15. The van der Waals surface area contributed by atoms with Crippen molar-refractivity contribution >= 4 is 11.9 Å². The van der Waals surface area contributed by atoms with Crippen LogP contribution in [0.4, 0.5) is 0 Å². The van der Waals surface area contributed by atoms with Crippen molar-refractivity contribution in [1.82, 2.24) is 0 Å². The van der Waals surface area contributed by atoms with Crippen LogP contribution in [0.25, 0.3) is 0 Å². The average Bonchev–Trinajstić information content (AvgIpc) is 2.38. The van der Waals surface area contributed by atoms with Crippen LogP contribution in [0.15, 0.2) is 35.9 Å². The van der Waals surface area contributed by atoms with Gasteiger partial charge in [0.05, 0.1) is 0 Å². The molecular weight excluding hydrogens is 268 g/mol. The van der Waals surface area contributed by atoms with Gasteiger partial charge in [-0.25, -0.2) is 4.79 Å². The van der Waals surface area contributed by atoms with Crippen molar-refractivity contribution in [3.8, 4) is 5.75 Å². The van der Waals surface area contributed by atoms with Crippen LogP contribution < -0.4 is 4.74 Å². The molecule has 1 aromatic rings. The number of allylic oxidation sites excluding steroid dienone is 2. The minimum absolute atomic E-state index is 0.00282. The van der Waals surface area contributed by atoms with Gasteiger partial charge in [-0.3, -0.25) is 4.79 Å². The molecule has 1 rings (SSSR count). The standard InChI is InChI=1S/C17H22O4/c1-12(2)7-6-8-13(3)11-16(18)21-15-10-5-4-9-14(15)17(19)20/h4-5,7,9-10,13H,6,8,11H2,1-3H3,(H,19,20)/t13-/m1/s1. The summed E-state index contributed by atoms with van der Waals surface area (Å²) in [7, 11) is 0. The topological polar surface area (TPSA) is 63.6 Å². The number of hydrogen-bond acceptors (Lipinski definition) is 3. The van der Waals surface area contributed by atoms with Crippen LogP contribution in [-0.2, 0) is 4.79 Å². The maximum atomic E-state index is 11.9. The molecule has 0 aliphatic rings. The molecule has 0 radical (unpaired) electrons. The largest absolute Gasteiger partial charge is 0.478 e. The molecule has 114 valence electrons. The van der Waals surface area contributed by atoms with E-state index in [2.05, 4.69) is 6.08 Å². The fraction of sp³-hybridized carbons (Fsp3) is 0.412. The number of carboxylic acids is 1. The summed E-state index contributed by atoms with van der Waals surface area (Å²) in [6.45, 7) is 6.08. The van der Waals surface area contributed by atoms with Crippen molar-refractivity contribution in [2.75, 3.05) is 0 Å². The number of para-hydroxylation sites is 1. The Kier molecular flexibility index (Phi) is 6.66. The molecular formula is C17H22O4. The van der Waals surface area contributed by atoms with Gasteiger partial charge in [-0.1, -0.05) is 30.7 Å². The Morgan fingerprint density at radius 3 is 2.57 bits per heavy atom. The Hall–Kier alpha value is -2.10. The minimum atomic E-state index is -1.10. The molecule has 4 nitrogen and oxygen atoms in total. The molecule has 0 saturated heterocycles. The van der Waals surface area contributed by atoms with E-state index in [-0.39, 0.29) is 23.7 Å². The van der Waals surface area contributed by atoms with Crippen molar-refractivity contribution in [1.29, 1.82) is 0 Å². The third-order valence-electron chi connectivity index (χ3n) is 3.07. The zero-order chi connectivity index (χ0) is 15.8. The lowest BCUT2D eigenvalue weighted by atomic mass is 10.0. The Balaban J connectivity index is 2.54. The maximum absolute atomic E-state index is 11.9.